The molecule has 1 rings (SSSR count). The van der Waals surface area contributed by atoms with Crippen molar-refractivity contribution in [2.45, 2.75) is 6.42 Å². The van der Waals surface area contributed by atoms with Crippen molar-refractivity contribution in [2.75, 3.05) is 6.61 Å². The van der Waals surface area contributed by atoms with Crippen molar-refractivity contribution in [2.24, 2.45) is 0 Å². The number of carbonyl (C=O) groups excluding carboxylic acids is 2. The molecule has 0 radical (unpaired) electrons. The number of benzene rings is 1. The van der Waals surface area contributed by atoms with E-state index >= 15 is 0 Å². The van der Waals surface area contributed by atoms with E-state index in [1.54, 1.807) is 0 Å². The average Bonchev–Trinajstić information content (AvgIpc) is 2.20. The van der Waals surface area contributed by atoms with Crippen molar-refractivity contribution >= 4 is 12.6 Å². The van der Waals surface area contributed by atoms with Crippen LogP contribution in [0.15, 0.2) is 30.3 Å². The van der Waals surface area contributed by atoms with Crippen LogP contribution in [-0.4, -0.2) is 19.2 Å². The van der Waals surface area contributed by atoms with Gasteiger partial charge in [0.2, 0.25) is 0 Å². The Hall–Kier alpha value is -1.84. The zero-order chi connectivity index (χ0) is 10.2. The summed E-state index contributed by atoms with van der Waals surface area (Å²) in [5.74, 6) is 0. The van der Waals surface area contributed by atoms with E-state index in [4.69, 9.17) is 0 Å². The van der Waals surface area contributed by atoms with Crippen molar-refractivity contribution in [3.63, 3.8) is 0 Å². The largest absolute Gasteiger partial charge is 0.515 e. The summed E-state index contributed by atoms with van der Waals surface area (Å²) in [6, 6.07) is 9.56. The van der Waals surface area contributed by atoms with Crippen molar-refractivity contribution in [1.29, 1.82) is 0 Å². The van der Waals surface area contributed by atoms with Gasteiger partial charge in [0.25, 0.3) is 0 Å². The van der Waals surface area contributed by atoms with Crippen molar-refractivity contribution in [3.8, 4) is 0 Å². The summed E-state index contributed by atoms with van der Waals surface area (Å²) >= 11 is 0. The predicted octanol–water partition coefficient (Wildman–Crippen LogP) is 1.54. The minimum atomic E-state index is -0.962. The molecule has 0 aromatic heterocycles. The van der Waals surface area contributed by atoms with Gasteiger partial charge < -0.3 is 9.47 Å². The van der Waals surface area contributed by atoms with E-state index in [-0.39, 0.29) is 13.1 Å². The van der Waals surface area contributed by atoms with E-state index in [0.29, 0.717) is 6.42 Å². The molecule has 0 aliphatic rings. The van der Waals surface area contributed by atoms with Crippen LogP contribution in [0.4, 0.5) is 4.79 Å². The number of hydrogen-bond acceptors (Lipinski definition) is 4. The molecule has 0 fully saturated rings. The Bertz CT molecular complexity index is 294. The summed E-state index contributed by atoms with van der Waals surface area (Å²) in [5.41, 5.74) is 1.06. The smallest absolute Gasteiger partial charge is 0.434 e. The highest BCUT2D eigenvalue weighted by Gasteiger charge is 2.01. The first kappa shape index (κ1) is 10.2. The van der Waals surface area contributed by atoms with Gasteiger partial charge in [-0.15, -0.1) is 0 Å². The van der Waals surface area contributed by atoms with Crippen LogP contribution in [0, 0.1) is 0 Å². The van der Waals surface area contributed by atoms with Crippen LogP contribution in [0.1, 0.15) is 5.56 Å². The molecule has 0 atom stereocenters. The summed E-state index contributed by atoms with van der Waals surface area (Å²) in [7, 11) is 0. The summed E-state index contributed by atoms with van der Waals surface area (Å²) in [5, 5.41) is 0. The maximum atomic E-state index is 10.6. The zero-order valence-electron chi connectivity index (χ0n) is 7.51. The van der Waals surface area contributed by atoms with Crippen LogP contribution in [-0.2, 0) is 20.7 Å². The molecule has 0 aliphatic heterocycles. The highest BCUT2D eigenvalue weighted by molar-refractivity contribution is 5.69. The minimum absolute atomic E-state index is 0.0465. The lowest BCUT2D eigenvalue weighted by atomic mass is 10.2. The number of ether oxygens (including phenoxy) is 2. The second kappa shape index (κ2) is 5.75. The molecule has 4 nitrogen and oxygen atoms in total. The van der Waals surface area contributed by atoms with Gasteiger partial charge in [-0.3, -0.25) is 4.79 Å². The molecule has 0 saturated heterocycles. The van der Waals surface area contributed by atoms with Gasteiger partial charge >= 0.3 is 12.6 Å². The summed E-state index contributed by atoms with van der Waals surface area (Å²) in [4.78, 5) is 20.3. The fourth-order valence-electron chi connectivity index (χ4n) is 0.970. The van der Waals surface area contributed by atoms with Gasteiger partial charge in [0.15, 0.2) is 0 Å². The highest BCUT2D eigenvalue weighted by Crippen LogP contribution is 1.99. The average molecular weight is 194 g/mol. The number of rotatable bonds is 4. The van der Waals surface area contributed by atoms with Gasteiger partial charge in [0.1, 0.15) is 0 Å². The predicted molar refractivity (Wildman–Crippen MR) is 48.6 cm³/mol. The van der Waals surface area contributed by atoms with Crippen LogP contribution in [0.3, 0.4) is 0 Å². The van der Waals surface area contributed by atoms with Crippen LogP contribution in [0.2, 0.25) is 0 Å². The Morgan fingerprint density at radius 1 is 1.29 bits per heavy atom. The maximum absolute atomic E-state index is 10.6. The molecule has 0 unspecified atom stereocenters. The Balaban J connectivity index is 2.22. The summed E-state index contributed by atoms with van der Waals surface area (Å²) in [6.07, 6.45) is -0.356. The number of carbonyl (C=O) groups is 2. The SMILES string of the molecule is O=COC(=O)OCCc1ccccc1. The molecule has 0 spiro atoms. The molecule has 0 N–H and O–H groups in total. The highest BCUT2D eigenvalue weighted by atomic mass is 16.7. The molecular formula is C10H10O4. The fraction of sp³-hybridized carbons (Fsp3) is 0.200. The molecule has 4 heteroatoms. The van der Waals surface area contributed by atoms with Gasteiger partial charge in [0.05, 0.1) is 6.61 Å². The molecule has 0 heterocycles. The van der Waals surface area contributed by atoms with E-state index < -0.39 is 6.16 Å². The lowest BCUT2D eigenvalue weighted by Crippen LogP contribution is -2.08. The van der Waals surface area contributed by atoms with Crippen LogP contribution in [0.5, 0.6) is 0 Å². The van der Waals surface area contributed by atoms with Gasteiger partial charge in [0, 0.05) is 6.42 Å². The normalized spacial score (nSPS) is 9.14. The second-order valence-electron chi connectivity index (χ2n) is 2.55. The van der Waals surface area contributed by atoms with Crippen LogP contribution >= 0.6 is 0 Å². The molecule has 14 heavy (non-hydrogen) atoms. The molecule has 74 valence electrons. The topological polar surface area (TPSA) is 52.6 Å². The van der Waals surface area contributed by atoms with Crippen molar-refractivity contribution in [1.82, 2.24) is 0 Å². The van der Waals surface area contributed by atoms with E-state index in [2.05, 4.69) is 9.47 Å². The molecule has 1 aromatic carbocycles. The second-order valence-corrected chi connectivity index (χ2v) is 2.55. The Labute approximate surface area is 81.4 Å². The van der Waals surface area contributed by atoms with Gasteiger partial charge in [-0.25, -0.2) is 4.79 Å². The minimum Gasteiger partial charge on any atom is -0.434 e. The molecular weight excluding hydrogens is 184 g/mol. The Morgan fingerprint density at radius 3 is 2.64 bits per heavy atom. The van der Waals surface area contributed by atoms with Gasteiger partial charge in [-0.2, -0.15) is 0 Å². The Kier molecular flexibility index (Phi) is 4.20. The van der Waals surface area contributed by atoms with E-state index in [0.717, 1.165) is 5.56 Å². The molecule has 0 amide bonds. The third kappa shape index (κ3) is 3.71. The lowest BCUT2D eigenvalue weighted by Gasteiger charge is -2.01. The molecule has 0 saturated carbocycles. The quantitative estimate of drug-likeness (QED) is 0.414. The van der Waals surface area contributed by atoms with Crippen molar-refractivity contribution < 1.29 is 19.1 Å². The van der Waals surface area contributed by atoms with E-state index in [9.17, 15) is 9.59 Å². The zero-order valence-corrected chi connectivity index (χ0v) is 7.51. The van der Waals surface area contributed by atoms with Crippen molar-refractivity contribution in [3.05, 3.63) is 35.9 Å². The van der Waals surface area contributed by atoms with E-state index in [1.165, 1.54) is 0 Å². The van der Waals surface area contributed by atoms with Gasteiger partial charge in [-0.1, -0.05) is 30.3 Å². The van der Waals surface area contributed by atoms with Crippen LogP contribution in [0.25, 0.3) is 0 Å². The first-order chi connectivity index (χ1) is 6.83. The fourth-order valence-corrected chi connectivity index (χ4v) is 0.970. The third-order valence-electron chi connectivity index (χ3n) is 1.60. The van der Waals surface area contributed by atoms with E-state index in [1.807, 2.05) is 30.3 Å². The maximum Gasteiger partial charge on any atom is 0.515 e. The Morgan fingerprint density at radius 2 is 2.00 bits per heavy atom. The van der Waals surface area contributed by atoms with Gasteiger partial charge in [-0.05, 0) is 5.56 Å². The summed E-state index contributed by atoms with van der Waals surface area (Å²) in [6.45, 7) is 0.252. The monoisotopic (exact) mass is 194 g/mol. The third-order valence-corrected chi connectivity index (χ3v) is 1.60. The first-order valence-electron chi connectivity index (χ1n) is 4.14. The summed E-state index contributed by atoms with van der Waals surface area (Å²) < 4.78 is 8.53. The lowest BCUT2D eigenvalue weighted by molar-refractivity contribution is -0.125. The standard InChI is InChI=1S/C10H10O4/c11-8-14-10(12)13-7-6-9-4-2-1-3-5-9/h1-5,8H,6-7H2. The molecule has 1 aromatic rings. The first-order valence-corrected chi connectivity index (χ1v) is 4.14. The molecule has 0 bridgehead atoms. The molecule has 0 aliphatic carbocycles. The number of hydrogen-bond donors (Lipinski definition) is 0. The van der Waals surface area contributed by atoms with Crippen LogP contribution < -0.4 is 0 Å².